The molecule has 0 aromatic heterocycles. The van der Waals surface area contributed by atoms with Gasteiger partial charge in [0.2, 0.25) is 0 Å². The predicted octanol–water partition coefficient (Wildman–Crippen LogP) is 3.80. The topological polar surface area (TPSA) is 37.7 Å². The first kappa shape index (κ1) is 14.2. The van der Waals surface area contributed by atoms with Gasteiger partial charge in [-0.2, -0.15) is 5.32 Å². The maximum atomic E-state index is 13.0. The van der Waals surface area contributed by atoms with Crippen LogP contribution in [0.1, 0.15) is 24.3 Å². The van der Waals surface area contributed by atoms with Crippen LogP contribution in [0.15, 0.2) is 48.5 Å². The number of carbonyl (C=O) groups excluding carboxylic acids is 1. The quantitative estimate of drug-likeness (QED) is 0.846. The van der Waals surface area contributed by atoms with E-state index in [0.717, 1.165) is 37.3 Å². The number of hydrazine groups is 1. The summed E-state index contributed by atoms with van der Waals surface area (Å²) in [6, 6.07) is 14.1. The Balaban J connectivity index is 1.48. The standard InChI is InChI=1S/C18H17FN3O/c19-15-7-5-13(6-8-15)14-9-11-21(12-10-14)22-17-4-2-1-3-16(17)20-18(22)23/h1-8,14H,9-12H2. The third-order valence-corrected chi connectivity index (χ3v) is 4.60. The Morgan fingerprint density at radius 3 is 2.43 bits per heavy atom. The molecule has 2 aliphatic rings. The second-order valence-corrected chi connectivity index (χ2v) is 5.97. The minimum Gasteiger partial charge on any atom is -0.244 e. The van der Waals surface area contributed by atoms with Gasteiger partial charge in [0, 0.05) is 13.1 Å². The molecule has 2 heterocycles. The largest absolute Gasteiger partial charge is 0.363 e. The monoisotopic (exact) mass is 310 g/mol. The SMILES string of the molecule is O=C1[N]c2ccccc2N1N1CCC(c2ccc(F)cc2)CC1. The number of amides is 2. The Labute approximate surface area is 134 Å². The summed E-state index contributed by atoms with van der Waals surface area (Å²) in [6.07, 6.45) is 1.88. The molecule has 0 atom stereocenters. The lowest BCUT2D eigenvalue weighted by Gasteiger charge is -2.37. The molecule has 4 nitrogen and oxygen atoms in total. The van der Waals surface area contributed by atoms with E-state index in [9.17, 15) is 9.18 Å². The number of halogens is 1. The number of hydrogen-bond acceptors (Lipinski definition) is 2. The van der Waals surface area contributed by atoms with E-state index >= 15 is 0 Å². The summed E-state index contributed by atoms with van der Waals surface area (Å²) in [7, 11) is 0. The van der Waals surface area contributed by atoms with Crippen molar-refractivity contribution in [2.75, 3.05) is 18.1 Å². The van der Waals surface area contributed by atoms with Gasteiger partial charge < -0.3 is 0 Å². The van der Waals surface area contributed by atoms with Crippen LogP contribution in [0.2, 0.25) is 0 Å². The Hall–Kier alpha value is -2.40. The molecule has 2 aromatic rings. The van der Waals surface area contributed by atoms with Crippen molar-refractivity contribution in [2.24, 2.45) is 0 Å². The van der Waals surface area contributed by atoms with Gasteiger partial charge in [-0.05, 0) is 48.6 Å². The lowest BCUT2D eigenvalue weighted by Crippen LogP contribution is -2.49. The van der Waals surface area contributed by atoms with E-state index in [1.165, 1.54) is 17.7 Å². The van der Waals surface area contributed by atoms with Crippen molar-refractivity contribution in [2.45, 2.75) is 18.8 Å². The van der Waals surface area contributed by atoms with E-state index in [1.54, 1.807) is 5.01 Å². The molecule has 2 amide bonds. The Bertz CT molecular complexity index is 723. The van der Waals surface area contributed by atoms with E-state index in [0.29, 0.717) is 5.92 Å². The molecular formula is C18H17FN3O. The van der Waals surface area contributed by atoms with E-state index in [1.807, 2.05) is 36.4 Å². The lowest BCUT2D eigenvalue weighted by atomic mass is 9.90. The lowest BCUT2D eigenvalue weighted by molar-refractivity contribution is 0.188. The maximum Gasteiger partial charge on any atom is 0.363 e. The minimum atomic E-state index is -0.216. The number of benzene rings is 2. The Morgan fingerprint density at radius 1 is 1.00 bits per heavy atom. The molecule has 0 aliphatic carbocycles. The van der Waals surface area contributed by atoms with Gasteiger partial charge in [0.15, 0.2) is 0 Å². The summed E-state index contributed by atoms with van der Waals surface area (Å²) >= 11 is 0. The summed E-state index contributed by atoms with van der Waals surface area (Å²) in [4.78, 5) is 12.2. The van der Waals surface area contributed by atoms with Crippen molar-refractivity contribution in [3.63, 3.8) is 0 Å². The number of carbonyl (C=O) groups is 1. The summed E-state index contributed by atoms with van der Waals surface area (Å²) in [5.41, 5.74) is 2.76. The van der Waals surface area contributed by atoms with E-state index in [4.69, 9.17) is 0 Å². The highest BCUT2D eigenvalue weighted by molar-refractivity contribution is 6.03. The Morgan fingerprint density at radius 2 is 1.70 bits per heavy atom. The summed E-state index contributed by atoms with van der Waals surface area (Å²) in [6.45, 7) is 1.58. The molecule has 1 fully saturated rings. The van der Waals surface area contributed by atoms with E-state index < -0.39 is 0 Å². The first-order valence-corrected chi connectivity index (χ1v) is 7.87. The average Bonchev–Trinajstić information content (AvgIpc) is 2.91. The second kappa shape index (κ2) is 5.66. The van der Waals surface area contributed by atoms with Gasteiger partial charge in [-0.3, -0.25) is 0 Å². The van der Waals surface area contributed by atoms with E-state index in [2.05, 4.69) is 10.3 Å². The summed E-state index contributed by atoms with van der Waals surface area (Å²) in [5, 5.41) is 7.86. The van der Waals surface area contributed by atoms with Crippen molar-refractivity contribution in [1.82, 2.24) is 10.3 Å². The molecule has 0 N–H and O–H groups in total. The molecular weight excluding hydrogens is 293 g/mol. The number of nitrogens with zero attached hydrogens (tertiary/aromatic N) is 3. The fraction of sp³-hybridized carbons (Fsp3) is 0.278. The van der Waals surface area contributed by atoms with Crippen molar-refractivity contribution < 1.29 is 9.18 Å². The second-order valence-electron chi connectivity index (χ2n) is 5.97. The van der Waals surface area contributed by atoms with Crippen molar-refractivity contribution >= 4 is 17.4 Å². The van der Waals surface area contributed by atoms with Gasteiger partial charge >= 0.3 is 6.03 Å². The van der Waals surface area contributed by atoms with Crippen LogP contribution in [0, 0.1) is 5.82 Å². The molecule has 23 heavy (non-hydrogen) atoms. The molecule has 0 spiro atoms. The van der Waals surface area contributed by atoms with E-state index in [-0.39, 0.29) is 11.8 Å². The molecule has 2 aromatic carbocycles. The number of urea groups is 1. The third-order valence-electron chi connectivity index (χ3n) is 4.60. The fourth-order valence-electron chi connectivity index (χ4n) is 3.40. The number of hydrogen-bond donors (Lipinski definition) is 0. The zero-order valence-corrected chi connectivity index (χ0v) is 12.7. The van der Waals surface area contributed by atoms with Crippen LogP contribution in [0.3, 0.4) is 0 Å². The molecule has 0 bridgehead atoms. The van der Waals surface area contributed by atoms with Gasteiger partial charge in [-0.25, -0.2) is 19.2 Å². The summed E-state index contributed by atoms with van der Waals surface area (Å²) in [5.74, 6) is 0.212. The summed E-state index contributed by atoms with van der Waals surface area (Å²) < 4.78 is 13.0. The fourth-order valence-corrected chi connectivity index (χ4v) is 3.40. The zero-order chi connectivity index (χ0) is 15.8. The van der Waals surface area contributed by atoms with Crippen LogP contribution in [0.4, 0.5) is 20.6 Å². The number of anilines is 1. The highest BCUT2D eigenvalue weighted by Gasteiger charge is 2.35. The van der Waals surface area contributed by atoms with Crippen molar-refractivity contribution in [3.05, 3.63) is 59.9 Å². The molecule has 1 radical (unpaired) electrons. The maximum absolute atomic E-state index is 13.0. The smallest absolute Gasteiger partial charge is 0.244 e. The molecule has 117 valence electrons. The van der Waals surface area contributed by atoms with Crippen LogP contribution in [0.5, 0.6) is 0 Å². The number of fused-ring (bicyclic) bond motifs is 1. The highest BCUT2D eigenvalue weighted by atomic mass is 19.1. The van der Waals surface area contributed by atoms with Gasteiger partial charge in [0.25, 0.3) is 0 Å². The number of rotatable bonds is 2. The van der Waals surface area contributed by atoms with Crippen molar-refractivity contribution in [1.29, 1.82) is 0 Å². The zero-order valence-electron chi connectivity index (χ0n) is 12.7. The van der Waals surface area contributed by atoms with Crippen LogP contribution in [-0.4, -0.2) is 24.1 Å². The minimum absolute atomic E-state index is 0.202. The number of piperidine rings is 1. The number of para-hydroxylation sites is 2. The van der Waals surface area contributed by atoms with Crippen molar-refractivity contribution in [3.8, 4) is 0 Å². The first-order chi connectivity index (χ1) is 11.2. The molecule has 2 aliphatic heterocycles. The molecule has 4 rings (SSSR count). The average molecular weight is 310 g/mol. The highest BCUT2D eigenvalue weighted by Crippen LogP contribution is 2.36. The van der Waals surface area contributed by atoms with Gasteiger partial charge in [-0.15, -0.1) is 0 Å². The molecule has 5 heteroatoms. The predicted molar refractivity (Wildman–Crippen MR) is 86.1 cm³/mol. The third kappa shape index (κ3) is 2.57. The Kier molecular flexibility index (Phi) is 3.50. The van der Waals surface area contributed by atoms with Crippen LogP contribution < -0.4 is 10.3 Å². The van der Waals surface area contributed by atoms with Crippen LogP contribution >= 0.6 is 0 Å². The van der Waals surface area contributed by atoms with Crippen LogP contribution in [-0.2, 0) is 0 Å². The first-order valence-electron chi connectivity index (χ1n) is 7.87. The van der Waals surface area contributed by atoms with Gasteiger partial charge in [0.05, 0.1) is 11.4 Å². The van der Waals surface area contributed by atoms with Crippen LogP contribution in [0.25, 0.3) is 0 Å². The van der Waals surface area contributed by atoms with Gasteiger partial charge in [0.1, 0.15) is 5.82 Å². The molecule has 0 unspecified atom stereocenters. The van der Waals surface area contributed by atoms with Gasteiger partial charge in [-0.1, -0.05) is 24.3 Å². The molecule has 0 saturated carbocycles. The molecule has 1 saturated heterocycles. The normalized spacial score (nSPS) is 18.8.